The Balaban J connectivity index is 2.20. The van der Waals surface area contributed by atoms with Crippen LogP contribution in [0.25, 0.3) is 0 Å². The minimum atomic E-state index is 0.499. The SMILES string of the molecule is CNc1nc(SC(C)C(C)C)nc(N2CCCC2)n1. The monoisotopic (exact) mass is 281 g/mol. The lowest BCUT2D eigenvalue weighted by Crippen LogP contribution is -2.22. The van der Waals surface area contributed by atoms with E-state index in [1.165, 1.54) is 12.8 Å². The first-order chi connectivity index (χ1) is 9.10. The summed E-state index contributed by atoms with van der Waals surface area (Å²) in [6.07, 6.45) is 2.46. The van der Waals surface area contributed by atoms with Crippen molar-refractivity contribution in [3.05, 3.63) is 0 Å². The Bertz CT molecular complexity index is 417. The largest absolute Gasteiger partial charge is 0.357 e. The fourth-order valence-corrected chi connectivity index (χ4v) is 2.75. The van der Waals surface area contributed by atoms with Crippen LogP contribution in [0, 0.1) is 5.92 Å². The van der Waals surface area contributed by atoms with Crippen molar-refractivity contribution in [2.24, 2.45) is 5.92 Å². The number of nitrogens with one attached hydrogen (secondary N) is 1. The van der Waals surface area contributed by atoms with Gasteiger partial charge in [0, 0.05) is 25.4 Å². The van der Waals surface area contributed by atoms with E-state index >= 15 is 0 Å². The zero-order chi connectivity index (χ0) is 13.8. The summed E-state index contributed by atoms with van der Waals surface area (Å²) >= 11 is 1.73. The number of hydrogen-bond acceptors (Lipinski definition) is 6. The van der Waals surface area contributed by atoms with Crippen molar-refractivity contribution in [3.8, 4) is 0 Å². The van der Waals surface area contributed by atoms with Gasteiger partial charge in [-0.2, -0.15) is 15.0 Å². The highest BCUT2D eigenvalue weighted by atomic mass is 32.2. The van der Waals surface area contributed by atoms with E-state index < -0.39 is 0 Å². The Morgan fingerprint density at radius 3 is 2.37 bits per heavy atom. The van der Waals surface area contributed by atoms with Crippen molar-refractivity contribution < 1.29 is 0 Å². The van der Waals surface area contributed by atoms with Crippen LogP contribution in [-0.4, -0.2) is 40.3 Å². The molecule has 1 aromatic heterocycles. The molecule has 1 aromatic rings. The van der Waals surface area contributed by atoms with Crippen molar-refractivity contribution in [1.82, 2.24) is 15.0 Å². The van der Waals surface area contributed by atoms with Crippen LogP contribution in [0.2, 0.25) is 0 Å². The molecule has 1 fully saturated rings. The highest BCUT2D eigenvalue weighted by Crippen LogP contribution is 2.27. The van der Waals surface area contributed by atoms with Crippen LogP contribution in [0.4, 0.5) is 11.9 Å². The summed E-state index contributed by atoms with van der Waals surface area (Å²) < 4.78 is 0. The minimum Gasteiger partial charge on any atom is -0.357 e. The van der Waals surface area contributed by atoms with E-state index in [0.717, 1.165) is 24.2 Å². The summed E-state index contributed by atoms with van der Waals surface area (Å²) in [4.78, 5) is 15.8. The molecule has 0 bridgehead atoms. The predicted molar refractivity (Wildman–Crippen MR) is 81.0 cm³/mol. The first-order valence-electron chi connectivity index (χ1n) is 6.95. The number of aromatic nitrogens is 3. The summed E-state index contributed by atoms with van der Waals surface area (Å²) in [5.74, 6) is 2.08. The Labute approximate surface area is 119 Å². The summed E-state index contributed by atoms with van der Waals surface area (Å²) in [6, 6.07) is 0. The van der Waals surface area contributed by atoms with Crippen molar-refractivity contribution in [2.75, 3.05) is 30.4 Å². The standard InChI is InChI=1S/C13H23N5S/c1-9(2)10(3)19-13-16-11(14-4)15-12(17-13)18-7-5-6-8-18/h9-10H,5-8H2,1-4H3,(H,14,15,16,17). The van der Waals surface area contributed by atoms with Crippen LogP contribution in [0.15, 0.2) is 5.16 Å². The molecule has 1 aliphatic rings. The van der Waals surface area contributed by atoms with Gasteiger partial charge in [-0.15, -0.1) is 0 Å². The van der Waals surface area contributed by atoms with Gasteiger partial charge in [-0.1, -0.05) is 32.5 Å². The number of nitrogens with zero attached hydrogens (tertiary/aromatic N) is 4. The predicted octanol–water partition coefficient (Wildman–Crippen LogP) is 2.65. The van der Waals surface area contributed by atoms with E-state index in [1.807, 2.05) is 7.05 Å². The van der Waals surface area contributed by atoms with Gasteiger partial charge in [-0.25, -0.2) is 0 Å². The number of anilines is 2. The Hall–Kier alpha value is -1.04. The van der Waals surface area contributed by atoms with Crippen LogP contribution in [-0.2, 0) is 0 Å². The van der Waals surface area contributed by atoms with Gasteiger partial charge in [-0.3, -0.25) is 0 Å². The second kappa shape index (κ2) is 6.41. The highest BCUT2D eigenvalue weighted by Gasteiger charge is 2.18. The molecule has 1 atom stereocenters. The third kappa shape index (κ3) is 3.72. The summed E-state index contributed by atoms with van der Waals surface area (Å²) in [5, 5.41) is 4.35. The van der Waals surface area contributed by atoms with Crippen LogP contribution >= 0.6 is 11.8 Å². The van der Waals surface area contributed by atoms with Crippen LogP contribution in [0.1, 0.15) is 33.6 Å². The molecule has 0 saturated carbocycles. The zero-order valence-corrected chi connectivity index (χ0v) is 13.0. The molecule has 106 valence electrons. The molecule has 1 N–H and O–H groups in total. The molecule has 0 amide bonds. The molecule has 1 unspecified atom stereocenters. The van der Waals surface area contributed by atoms with Gasteiger partial charge in [0.05, 0.1) is 0 Å². The number of thioether (sulfide) groups is 1. The first kappa shape index (κ1) is 14.4. The molecule has 0 aliphatic carbocycles. The summed E-state index contributed by atoms with van der Waals surface area (Å²) in [6.45, 7) is 8.76. The molecule has 5 nitrogen and oxygen atoms in total. The maximum absolute atomic E-state index is 4.61. The maximum Gasteiger partial charge on any atom is 0.231 e. The van der Waals surface area contributed by atoms with E-state index in [1.54, 1.807) is 11.8 Å². The summed E-state index contributed by atoms with van der Waals surface area (Å²) in [7, 11) is 1.85. The van der Waals surface area contributed by atoms with Gasteiger partial charge in [0.25, 0.3) is 0 Å². The van der Waals surface area contributed by atoms with Crippen molar-refractivity contribution in [1.29, 1.82) is 0 Å². The Morgan fingerprint density at radius 1 is 1.11 bits per heavy atom. The third-order valence-electron chi connectivity index (χ3n) is 3.45. The second-order valence-corrected chi connectivity index (χ2v) is 6.60. The van der Waals surface area contributed by atoms with E-state index in [9.17, 15) is 0 Å². The Morgan fingerprint density at radius 2 is 1.79 bits per heavy atom. The van der Waals surface area contributed by atoms with Gasteiger partial charge in [0.2, 0.25) is 11.9 Å². The maximum atomic E-state index is 4.61. The number of hydrogen-bond donors (Lipinski definition) is 1. The van der Waals surface area contributed by atoms with Crippen LogP contribution in [0.3, 0.4) is 0 Å². The summed E-state index contributed by atoms with van der Waals surface area (Å²) in [5.41, 5.74) is 0. The molecule has 1 saturated heterocycles. The van der Waals surface area contributed by atoms with Crippen molar-refractivity contribution >= 4 is 23.7 Å². The average Bonchev–Trinajstić information content (AvgIpc) is 2.92. The van der Waals surface area contributed by atoms with Crippen LogP contribution < -0.4 is 10.2 Å². The molecule has 1 aliphatic heterocycles. The lowest BCUT2D eigenvalue weighted by atomic mass is 10.2. The van der Waals surface area contributed by atoms with E-state index in [0.29, 0.717) is 17.1 Å². The van der Waals surface area contributed by atoms with Crippen molar-refractivity contribution in [2.45, 2.75) is 44.0 Å². The zero-order valence-electron chi connectivity index (χ0n) is 12.2. The molecular formula is C13H23N5S. The van der Waals surface area contributed by atoms with Crippen LogP contribution in [0.5, 0.6) is 0 Å². The fourth-order valence-electron chi connectivity index (χ4n) is 1.87. The lowest BCUT2D eigenvalue weighted by molar-refractivity contribution is 0.640. The quantitative estimate of drug-likeness (QED) is 0.837. The topological polar surface area (TPSA) is 53.9 Å². The van der Waals surface area contributed by atoms with Gasteiger partial charge in [0.1, 0.15) is 0 Å². The average molecular weight is 281 g/mol. The number of rotatable bonds is 5. The molecular weight excluding hydrogens is 258 g/mol. The molecule has 2 rings (SSSR count). The van der Waals surface area contributed by atoms with Crippen molar-refractivity contribution in [3.63, 3.8) is 0 Å². The third-order valence-corrected chi connectivity index (χ3v) is 4.76. The lowest BCUT2D eigenvalue weighted by Gasteiger charge is -2.18. The molecule has 2 heterocycles. The highest BCUT2D eigenvalue weighted by molar-refractivity contribution is 7.99. The van der Waals surface area contributed by atoms with Gasteiger partial charge in [-0.05, 0) is 18.8 Å². The normalized spacial score (nSPS) is 17.0. The van der Waals surface area contributed by atoms with E-state index in [-0.39, 0.29) is 0 Å². The minimum absolute atomic E-state index is 0.499. The van der Waals surface area contributed by atoms with E-state index in [2.05, 4.69) is 45.9 Å². The second-order valence-electron chi connectivity index (χ2n) is 5.25. The van der Waals surface area contributed by atoms with E-state index in [4.69, 9.17) is 0 Å². The fraction of sp³-hybridized carbons (Fsp3) is 0.769. The molecule has 19 heavy (non-hydrogen) atoms. The van der Waals surface area contributed by atoms with Gasteiger partial charge >= 0.3 is 0 Å². The molecule has 0 aromatic carbocycles. The van der Waals surface area contributed by atoms with Gasteiger partial charge in [0.15, 0.2) is 5.16 Å². The first-order valence-corrected chi connectivity index (χ1v) is 7.83. The Kier molecular flexibility index (Phi) is 4.85. The molecule has 6 heteroatoms. The smallest absolute Gasteiger partial charge is 0.231 e. The molecule has 0 spiro atoms. The molecule has 0 radical (unpaired) electrons. The van der Waals surface area contributed by atoms with Gasteiger partial charge < -0.3 is 10.2 Å².